The Labute approximate surface area is 330 Å². The van der Waals surface area contributed by atoms with E-state index in [-0.39, 0.29) is 34.1 Å². The van der Waals surface area contributed by atoms with Crippen LogP contribution in [-0.2, 0) is 19.2 Å². The molecule has 3 fully saturated rings. The average molecular weight is 825 g/mol. The van der Waals surface area contributed by atoms with Gasteiger partial charge >= 0.3 is 0 Å². The number of para-hydroxylation sites is 1. The van der Waals surface area contributed by atoms with Crippen LogP contribution in [0.5, 0.6) is 11.5 Å². The second-order valence-electron chi connectivity index (χ2n) is 14.1. The highest BCUT2D eigenvalue weighted by atomic mass is 35.5. The predicted molar refractivity (Wildman–Crippen MR) is 200 cm³/mol. The summed E-state index contributed by atoms with van der Waals surface area (Å²) >= 11 is 14.3. The van der Waals surface area contributed by atoms with Crippen molar-refractivity contribution in [2.45, 2.75) is 22.6 Å². The first-order valence-corrected chi connectivity index (χ1v) is 18.2. The third kappa shape index (κ3) is 5.55. The largest absolute Gasteiger partial charge is 0.504 e. The quantitative estimate of drug-likeness (QED) is 0.0483. The molecule has 2 aliphatic carbocycles. The van der Waals surface area contributed by atoms with Gasteiger partial charge in [-0.15, -0.1) is 23.2 Å². The molecule has 6 unspecified atom stereocenters. The fourth-order valence-electron chi connectivity index (χ4n) is 8.46. The second kappa shape index (κ2) is 13.7. The van der Waals surface area contributed by atoms with Gasteiger partial charge in [-0.3, -0.25) is 24.1 Å². The summed E-state index contributed by atoms with van der Waals surface area (Å²) in [5.74, 6) is -21.4. The summed E-state index contributed by atoms with van der Waals surface area (Å²) in [7, 11) is 1.31. The zero-order valence-electron chi connectivity index (χ0n) is 29.4. The van der Waals surface area contributed by atoms with Crippen LogP contribution in [0.3, 0.4) is 0 Å². The van der Waals surface area contributed by atoms with Crippen LogP contribution in [0.1, 0.15) is 18.4 Å². The highest BCUT2D eigenvalue weighted by Gasteiger charge is 2.76. The number of allylic oxidation sites excluding steroid dienone is 3. The first kappa shape index (κ1) is 38.2. The number of rotatable bonds is 7. The molecule has 16 heteroatoms. The number of phenolic OH excluding ortho intramolecular Hbond substituents is 1. The van der Waals surface area contributed by atoms with E-state index in [9.17, 15) is 37.5 Å². The molecule has 1 saturated carbocycles. The molecule has 2 N–H and O–H groups in total. The van der Waals surface area contributed by atoms with Gasteiger partial charge in [0.25, 0.3) is 11.8 Å². The number of carbonyl (C=O) groups excluding carboxylic acids is 4. The zero-order chi connectivity index (χ0) is 40.7. The van der Waals surface area contributed by atoms with Crippen LogP contribution >= 0.6 is 23.2 Å². The van der Waals surface area contributed by atoms with Crippen molar-refractivity contribution in [2.24, 2.45) is 23.7 Å². The van der Waals surface area contributed by atoms with Crippen LogP contribution in [-0.4, -0.2) is 45.6 Å². The number of hydrogen-bond acceptors (Lipinski definition) is 7. The molecule has 4 aliphatic rings. The molecule has 8 rings (SSSR count). The topological polar surface area (TPSA) is 116 Å². The maximum absolute atomic E-state index is 15.3. The first-order valence-electron chi connectivity index (χ1n) is 17.5. The number of phenols is 1. The molecule has 292 valence electrons. The molecule has 4 aromatic carbocycles. The Kier molecular flexibility index (Phi) is 9.19. The maximum atomic E-state index is 15.3. The number of alkyl halides is 2. The number of anilines is 4. The van der Waals surface area contributed by atoms with Crippen LogP contribution in [0.25, 0.3) is 6.08 Å². The fraction of sp³-hybridized carbons (Fsp3) is 0.220. The Morgan fingerprint density at radius 3 is 2.07 bits per heavy atom. The number of halogens is 7. The predicted octanol–water partition coefficient (Wildman–Crippen LogP) is 8.15. The number of carbonyl (C=O) groups is 4. The Hall–Kier alpha value is -5.73. The summed E-state index contributed by atoms with van der Waals surface area (Å²) in [5.41, 5.74) is 0.528. The van der Waals surface area contributed by atoms with Crippen LogP contribution in [0.15, 0.2) is 90.5 Å². The summed E-state index contributed by atoms with van der Waals surface area (Å²) in [5, 5.41) is 13.3. The number of aromatic hydroxyl groups is 1. The third-order valence-corrected chi connectivity index (χ3v) is 12.6. The van der Waals surface area contributed by atoms with Gasteiger partial charge in [0.2, 0.25) is 17.6 Å². The lowest BCUT2D eigenvalue weighted by molar-refractivity contribution is -0.125. The molecule has 0 radical (unpaired) electrons. The Bertz CT molecular complexity index is 2440. The van der Waals surface area contributed by atoms with Crippen molar-refractivity contribution in [3.05, 3.63) is 125 Å². The molecule has 6 atom stereocenters. The van der Waals surface area contributed by atoms with Gasteiger partial charge < -0.3 is 15.2 Å². The van der Waals surface area contributed by atoms with E-state index in [4.69, 9.17) is 27.9 Å². The van der Waals surface area contributed by atoms with Gasteiger partial charge in [0.1, 0.15) is 5.69 Å². The highest BCUT2D eigenvalue weighted by molar-refractivity contribution is 6.58. The smallest absolute Gasteiger partial charge is 0.258 e. The van der Waals surface area contributed by atoms with Gasteiger partial charge in [0, 0.05) is 17.3 Å². The minimum atomic E-state index is -2.66. The molecule has 4 amide bonds. The van der Waals surface area contributed by atoms with Crippen molar-refractivity contribution in [1.29, 1.82) is 0 Å². The molecule has 9 nitrogen and oxygen atoms in total. The van der Waals surface area contributed by atoms with Gasteiger partial charge in [-0.2, -0.15) is 0 Å². The van der Waals surface area contributed by atoms with E-state index in [2.05, 4.69) is 5.32 Å². The summed E-state index contributed by atoms with van der Waals surface area (Å²) in [6.45, 7) is 0. The summed E-state index contributed by atoms with van der Waals surface area (Å²) in [6, 6.07) is 20.0. The second-order valence-corrected chi connectivity index (χ2v) is 15.3. The van der Waals surface area contributed by atoms with E-state index in [0.717, 1.165) is 10.6 Å². The third-order valence-electron chi connectivity index (χ3n) is 11.2. The summed E-state index contributed by atoms with van der Waals surface area (Å²) in [4.78, 5) is 52.7. The fourth-order valence-corrected chi connectivity index (χ4v) is 9.35. The SMILES string of the molecule is COc1cc(C=CC2C3=CCC4C(=O)N(c5ccc(Nc6ccccc6)cc5)C(=O)C4C3CC3(Cl)C(=O)N(c4c(F)c(F)c(F)c(F)c4F)C(=O)C23Cl)ccc1O. The lowest BCUT2D eigenvalue weighted by Crippen LogP contribution is -2.60. The number of nitrogens with zero attached hydrogens (tertiary/aromatic N) is 2. The van der Waals surface area contributed by atoms with Crippen molar-refractivity contribution in [1.82, 2.24) is 0 Å². The standard InChI is InChI=1S/C41H28Cl2F5N3O6/c1-57-28-17-19(8-16-27(28)52)7-15-26-23-13-14-24-29(37(54)50(36(24)53)22-11-9-21(10-12-22)49-20-5-3-2-4-6-20)25(23)18-40(42)38(55)51(39(56)41(26,40)43)35-33(47)31(45)30(44)32(46)34(35)48/h2-13,15-17,24-26,29,49,52H,14,18H2,1H3. The Morgan fingerprint density at radius 1 is 0.789 bits per heavy atom. The lowest BCUT2D eigenvalue weighted by Gasteiger charge is -2.49. The molecule has 0 spiro atoms. The van der Waals surface area contributed by atoms with Crippen LogP contribution in [0.2, 0.25) is 0 Å². The van der Waals surface area contributed by atoms with E-state index < -0.39 is 98.2 Å². The molecule has 2 aliphatic heterocycles. The minimum absolute atomic E-state index is 0.0195. The van der Waals surface area contributed by atoms with Crippen molar-refractivity contribution >= 4 is 75.7 Å². The maximum Gasteiger partial charge on any atom is 0.258 e. The van der Waals surface area contributed by atoms with Crippen LogP contribution < -0.4 is 19.9 Å². The van der Waals surface area contributed by atoms with Gasteiger partial charge in [0.15, 0.2) is 44.5 Å². The molecule has 0 bridgehead atoms. The van der Waals surface area contributed by atoms with E-state index >= 15 is 8.78 Å². The summed E-state index contributed by atoms with van der Waals surface area (Å²) in [6.07, 6.45) is 3.74. The molecule has 0 aromatic heterocycles. The normalized spacial score (nSPS) is 26.8. The van der Waals surface area contributed by atoms with E-state index in [1.54, 1.807) is 30.3 Å². The number of amides is 4. The Balaban J connectivity index is 1.22. The van der Waals surface area contributed by atoms with Crippen molar-refractivity contribution < 1.29 is 51.0 Å². The molecule has 57 heavy (non-hydrogen) atoms. The summed E-state index contributed by atoms with van der Waals surface area (Å²) < 4.78 is 78.9. The molecular formula is C41H28Cl2F5N3O6. The lowest BCUT2D eigenvalue weighted by atomic mass is 9.57. The number of imide groups is 2. The van der Waals surface area contributed by atoms with E-state index in [1.807, 2.05) is 30.3 Å². The van der Waals surface area contributed by atoms with Crippen LogP contribution in [0, 0.1) is 52.8 Å². The number of methoxy groups -OCH3 is 1. The highest BCUT2D eigenvalue weighted by Crippen LogP contribution is 2.64. The first-order chi connectivity index (χ1) is 27.1. The van der Waals surface area contributed by atoms with Crippen molar-refractivity contribution in [3.8, 4) is 11.5 Å². The van der Waals surface area contributed by atoms with E-state index in [0.29, 0.717) is 11.3 Å². The Morgan fingerprint density at radius 2 is 1.42 bits per heavy atom. The minimum Gasteiger partial charge on any atom is -0.504 e. The number of fused-ring (bicyclic) bond motifs is 4. The van der Waals surface area contributed by atoms with Gasteiger partial charge in [-0.05, 0) is 72.9 Å². The molecule has 2 heterocycles. The zero-order valence-corrected chi connectivity index (χ0v) is 30.9. The van der Waals surface area contributed by atoms with Gasteiger partial charge in [0.05, 0.1) is 24.6 Å². The van der Waals surface area contributed by atoms with Crippen LogP contribution in [0.4, 0.5) is 44.7 Å². The van der Waals surface area contributed by atoms with Crippen molar-refractivity contribution in [2.75, 3.05) is 22.2 Å². The number of hydrogen-bond donors (Lipinski definition) is 2. The number of benzene rings is 4. The van der Waals surface area contributed by atoms with Crippen molar-refractivity contribution in [3.63, 3.8) is 0 Å². The number of ether oxygens (including phenoxy) is 1. The molecule has 2 saturated heterocycles. The molecule has 4 aromatic rings. The van der Waals surface area contributed by atoms with Gasteiger partial charge in [-0.1, -0.05) is 48.1 Å². The monoisotopic (exact) mass is 823 g/mol. The van der Waals surface area contributed by atoms with E-state index in [1.165, 1.54) is 37.5 Å². The number of nitrogens with one attached hydrogen (secondary N) is 1. The molecular weight excluding hydrogens is 796 g/mol. The van der Waals surface area contributed by atoms with Gasteiger partial charge in [-0.25, -0.2) is 26.9 Å². The average Bonchev–Trinajstić information content (AvgIpc) is 3.55.